The lowest BCUT2D eigenvalue weighted by Gasteiger charge is -2.09. The van der Waals surface area contributed by atoms with E-state index in [1.165, 1.54) is 4.57 Å². The minimum absolute atomic E-state index is 0.0518. The maximum atomic E-state index is 11.4. The van der Waals surface area contributed by atoms with Crippen molar-refractivity contribution >= 4 is 11.1 Å². The lowest BCUT2D eigenvalue weighted by atomic mass is 10.1. The summed E-state index contributed by atoms with van der Waals surface area (Å²) < 4.78 is 6.69. The number of nitrogens with zero attached hydrogens (tertiary/aromatic N) is 1. The van der Waals surface area contributed by atoms with E-state index in [9.17, 15) is 4.79 Å². The highest BCUT2D eigenvalue weighted by Crippen LogP contribution is 2.30. The highest BCUT2D eigenvalue weighted by molar-refractivity contribution is 5.73. The number of aromatic nitrogens is 1. The predicted molar refractivity (Wildman–Crippen MR) is 74.2 cm³/mol. The van der Waals surface area contributed by atoms with Gasteiger partial charge < -0.3 is 15.5 Å². The molecular formula is C14H19N3O2. The normalized spacial score (nSPS) is 16.9. The summed E-state index contributed by atoms with van der Waals surface area (Å²) in [7, 11) is 1.71. The molecule has 0 spiro atoms. The van der Waals surface area contributed by atoms with Crippen LogP contribution in [-0.2, 0) is 13.5 Å². The minimum Gasteiger partial charge on any atom is -0.408 e. The molecule has 0 bridgehead atoms. The Balaban J connectivity index is 1.63. The van der Waals surface area contributed by atoms with Crippen molar-refractivity contribution in [3.05, 3.63) is 34.3 Å². The standard InChI is InChI=1S/C14H19N3O2/c1-17-11-3-2-10(8-12(11)19-13(17)18)4-7-16-9-14(15)5-6-14/h2-3,8,16H,4-7,9,15H2,1H3. The maximum absolute atomic E-state index is 11.4. The highest BCUT2D eigenvalue weighted by atomic mass is 16.4. The predicted octanol–water partition coefficient (Wildman–Crippen LogP) is 0.755. The molecule has 5 nitrogen and oxygen atoms in total. The second-order valence-electron chi connectivity index (χ2n) is 5.52. The summed E-state index contributed by atoms with van der Waals surface area (Å²) in [6.45, 7) is 1.77. The van der Waals surface area contributed by atoms with Crippen molar-refractivity contribution in [2.45, 2.75) is 24.8 Å². The minimum atomic E-state index is -0.316. The number of fused-ring (bicyclic) bond motifs is 1. The van der Waals surface area contributed by atoms with Crippen LogP contribution in [0.2, 0.25) is 0 Å². The fourth-order valence-corrected chi connectivity index (χ4v) is 2.24. The van der Waals surface area contributed by atoms with Crippen LogP contribution in [0.5, 0.6) is 0 Å². The molecule has 2 aromatic rings. The van der Waals surface area contributed by atoms with Crippen LogP contribution in [0.3, 0.4) is 0 Å². The average molecular weight is 261 g/mol. The Morgan fingerprint density at radius 2 is 2.26 bits per heavy atom. The molecule has 0 radical (unpaired) electrons. The van der Waals surface area contributed by atoms with Crippen LogP contribution in [0, 0.1) is 0 Å². The van der Waals surface area contributed by atoms with E-state index in [2.05, 4.69) is 5.32 Å². The van der Waals surface area contributed by atoms with Gasteiger partial charge in [-0.3, -0.25) is 4.57 Å². The van der Waals surface area contributed by atoms with Crippen molar-refractivity contribution in [3.8, 4) is 0 Å². The molecule has 0 saturated heterocycles. The Bertz CT molecular complexity index is 652. The van der Waals surface area contributed by atoms with Gasteiger partial charge in [-0.25, -0.2) is 4.79 Å². The first-order valence-electron chi connectivity index (χ1n) is 6.65. The van der Waals surface area contributed by atoms with Crippen molar-refractivity contribution in [1.82, 2.24) is 9.88 Å². The fraction of sp³-hybridized carbons (Fsp3) is 0.500. The van der Waals surface area contributed by atoms with Gasteiger partial charge in [-0.2, -0.15) is 0 Å². The van der Waals surface area contributed by atoms with E-state index in [-0.39, 0.29) is 11.3 Å². The van der Waals surface area contributed by atoms with Crippen molar-refractivity contribution in [3.63, 3.8) is 0 Å². The first-order valence-corrected chi connectivity index (χ1v) is 6.65. The monoisotopic (exact) mass is 261 g/mol. The first kappa shape index (κ1) is 12.4. The number of rotatable bonds is 5. The van der Waals surface area contributed by atoms with Gasteiger partial charge in [0.1, 0.15) is 0 Å². The van der Waals surface area contributed by atoms with Crippen molar-refractivity contribution in [2.24, 2.45) is 12.8 Å². The lowest BCUT2D eigenvalue weighted by molar-refractivity contribution is 0.527. The zero-order chi connectivity index (χ0) is 13.5. The lowest BCUT2D eigenvalue weighted by Crippen LogP contribution is -2.36. The fourth-order valence-electron chi connectivity index (χ4n) is 2.24. The Morgan fingerprint density at radius 3 is 3.00 bits per heavy atom. The number of aryl methyl sites for hydroxylation is 1. The SMILES string of the molecule is Cn1c(=O)oc2cc(CCNCC3(N)CC3)ccc21. The van der Waals surface area contributed by atoms with E-state index in [1.807, 2.05) is 18.2 Å². The number of hydrogen-bond acceptors (Lipinski definition) is 4. The molecule has 0 aliphatic heterocycles. The van der Waals surface area contributed by atoms with E-state index >= 15 is 0 Å². The Labute approximate surface area is 111 Å². The molecule has 3 rings (SSSR count). The number of nitrogens with one attached hydrogen (secondary N) is 1. The van der Waals surface area contributed by atoms with Gasteiger partial charge in [-0.1, -0.05) is 6.07 Å². The maximum Gasteiger partial charge on any atom is 0.419 e. The smallest absolute Gasteiger partial charge is 0.408 e. The van der Waals surface area contributed by atoms with Crippen LogP contribution in [0.15, 0.2) is 27.4 Å². The third-order valence-corrected chi connectivity index (χ3v) is 3.82. The summed E-state index contributed by atoms with van der Waals surface area (Å²) in [5, 5.41) is 3.38. The first-order chi connectivity index (χ1) is 9.07. The molecule has 1 aromatic carbocycles. The Kier molecular flexibility index (Phi) is 2.95. The topological polar surface area (TPSA) is 73.2 Å². The second kappa shape index (κ2) is 4.51. The molecule has 1 aliphatic rings. The van der Waals surface area contributed by atoms with E-state index < -0.39 is 0 Å². The van der Waals surface area contributed by atoms with Crippen LogP contribution in [0.25, 0.3) is 11.1 Å². The Hall–Kier alpha value is -1.59. The van der Waals surface area contributed by atoms with Crippen LogP contribution in [0.1, 0.15) is 18.4 Å². The summed E-state index contributed by atoms with van der Waals surface area (Å²) in [5.41, 5.74) is 8.71. The number of benzene rings is 1. The van der Waals surface area contributed by atoms with Gasteiger partial charge in [0.25, 0.3) is 0 Å². The third-order valence-electron chi connectivity index (χ3n) is 3.82. The van der Waals surface area contributed by atoms with Crippen molar-refractivity contribution in [2.75, 3.05) is 13.1 Å². The van der Waals surface area contributed by atoms with Gasteiger partial charge in [0.15, 0.2) is 5.58 Å². The second-order valence-corrected chi connectivity index (χ2v) is 5.52. The zero-order valence-corrected chi connectivity index (χ0v) is 11.1. The van der Waals surface area contributed by atoms with E-state index in [4.69, 9.17) is 10.2 Å². The molecule has 19 heavy (non-hydrogen) atoms. The molecule has 3 N–H and O–H groups in total. The average Bonchev–Trinajstić information content (AvgIpc) is 3.05. The van der Waals surface area contributed by atoms with Crippen molar-refractivity contribution in [1.29, 1.82) is 0 Å². The van der Waals surface area contributed by atoms with Gasteiger partial charge in [-0.15, -0.1) is 0 Å². The van der Waals surface area contributed by atoms with Gasteiger partial charge in [0.05, 0.1) is 5.52 Å². The van der Waals surface area contributed by atoms with Crippen molar-refractivity contribution < 1.29 is 4.42 Å². The molecule has 0 unspecified atom stereocenters. The molecule has 1 saturated carbocycles. The van der Waals surface area contributed by atoms with Gasteiger partial charge in [0.2, 0.25) is 0 Å². The van der Waals surface area contributed by atoms with E-state index in [1.54, 1.807) is 7.05 Å². The van der Waals surface area contributed by atoms with Gasteiger partial charge in [0, 0.05) is 19.1 Å². The summed E-state index contributed by atoms with van der Waals surface area (Å²) >= 11 is 0. The quantitative estimate of drug-likeness (QED) is 0.779. The largest absolute Gasteiger partial charge is 0.419 e. The van der Waals surface area contributed by atoms with Crippen LogP contribution >= 0.6 is 0 Å². The van der Waals surface area contributed by atoms with Crippen LogP contribution in [0.4, 0.5) is 0 Å². The Morgan fingerprint density at radius 1 is 1.47 bits per heavy atom. The van der Waals surface area contributed by atoms with E-state index in [0.29, 0.717) is 5.58 Å². The van der Waals surface area contributed by atoms with E-state index in [0.717, 1.165) is 43.4 Å². The molecule has 0 amide bonds. The molecule has 1 aromatic heterocycles. The van der Waals surface area contributed by atoms with Crippen LogP contribution < -0.4 is 16.8 Å². The molecule has 1 heterocycles. The summed E-state index contributed by atoms with van der Waals surface area (Å²) in [6.07, 6.45) is 3.16. The van der Waals surface area contributed by atoms with Gasteiger partial charge >= 0.3 is 5.76 Å². The molecule has 0 atom stereocenters. The molecule has 102 valence electrons. The molecule has 1 aliphatic carbocycles. The highest BCUT2D eigenvalue weighted by Gasteiger charge is 2.37. The number of oxazole rings is 1. The number of hydrogen-bond donors (Lipinski definition) is 2. The summed E-state index contributed by atoms with van der Waals surface area (Å²) in [6, 6.07) is 5.91. The van der Waals surface area contributed by atoms with Crippen LogP contribution in [-0.4, -0.2) is 23.2 Å². The molecular weight excluding hydrogens is 242 g/mol. The number of nitrogens with two attached hydrogens (primary N) is 1. The molecule has 5 heteroatoms. The zero-order valence-electron chi connectivity index (χ0n) is 11.1. The summed E-state index contributed by atoms with van der Waals surface area (Å²) in [5.74, 6) is -0.316. The summed E-state index contributed by atoms with van der Waals surface area (Å²) in [4.78, 5) is 11.4. The molecule has 1 fully saturated rings. The van der Waals surface area contributed by atoms with Gasteiger partial charge in [-0.05, 0) is 43.5 Å². The third kappa shape index (κ3) is 2.57.